The molecule has 5 atom stereocenters. The lowest BCUT2D eigenvalue weighted by molar-refractivity contribution is -0.193. The highest BCUT2D eigenvalue weighted by atomic mass is 16.6. The zero-order chi connectivity index (χ0) is 15.9. The second-order valence-electron chi connectivity index (χ2n) is 7.37. The minimum absolute atomic E-state index is 0.0958. The van der Waals surface area contributed by atoms with E-state index >= 15 is 0 Å². The molecule has 3 aliphatic heterocycles. The summed E-state index contributed by atoms with van der Waals surface area (Å²) in [5, 5.41) is 0. The molecule has 0 aromatic heterocycles. The zero-order valence-electron chi connectivity index (χ0n) is 13.8. The van der Waals surface area contributed by atoms with Crippen LogP contribution in [-0.2, 0) is 14.2 Å². The first kappa shape index (κ1) is 16.0. The van der Waals surface area contributed by atoms with Gasteiger partial charge in [0.2, 0.25) is 0 Å². The smallest absolute Gasteiger partial charge is 0.410 e. The molecule has 0 spiro atoms. The van der Waals surface area contributed by atoms with Crippen molar-refractivity contribution < 1.29 is 19.0 Å². The number of ether oxygens (including phenoxy) is 3. The van der Waals surface area contributed by atoms with E-state index in [0.717, 1.165) is 25.7 Å². The summed E-state index contributed by atoms with van der Waals surface area (Å²) in [6.45, 7) is 5.72. The number of hydrogen-bond acceptors (Lipinski definition) is 6. The molecule has 2 unspecified atom stereocenters. The Labute approximate surface area is 131 Å². The number of carbonyl (C=O) groups excluding carboxylic acids is 1. The van der Waals surface area contributed by atoms with Gasteiger partial charge >= 0.3 is 6.09 Å². The first-order valence-corrected chi connectivity index (χ1v) is 8.08. The van der Waals surface area contributed by atoms with Crippen LogP contribution >= 0.6 is 0 Å². The number of hydrazine groups is 1. The average Bonchev–Trinajstić information content (AvgIpc) is 2.65. The van der Waals surface area contributed by atoms with Crippen molar-refractivity contribution in [3.8, 4) is 0 Å². The number of nitrogens with zero attached hydrogens (tertiary/aromatic N) is 1. The highest BCUT2D eigenvalue weighted by molar-refractivity contribution is 5.69. The predicted octanol–water partition coefficient (Wildman–Crippen LogP) is 1.34. The van der Waals surface area contributed by atoms with Gasteiger partial charge in [0.1, 0.15) is 5.60 Å². The summed E-state index contributed by atoms with van der Waals surface area (Å²) in [6.07, 6.45) is 3.57. The fourth-order valence-electron chi connectivity index (χ4n) is 3.57. The molecule has 3 aliphatic rings. The number of hydrogen-bond donors (Lipinski definition) is 2. The standard InChI is InChI=1S/C15H27N3O4/c1-15(2,3)22-14(19)18-9-5-6-10(18)8-11(7-9)21-13-12(20-4)16-17-13/h9-13,16-17H,5-8H2,1-4H3/t9-,10+,11?,12-,13?/m1/s1. The summed E-state index contributed by atoms with van der Waals surface area (Å²) in [5.41, 5.74) is 5.50. The molecule has 0 saturated carbocycles. The van der Waals surface area contributed by atoms with Crippen LogP contribution in [0.4, 0.5) is 4.79 Å². The van der Waals surface area contributed by atoms with Crippen molar-refractivity contribution in [2.75, 3.05) is 7.11 Å². The fraction of sp³-hybridized carbons (Fsp3) is 0.933. The molecule has 0 radical (unpaired) electrons. The van der Waals surface area contributed by atoms with E-state index in [1.807, 2.05) is 25.7 Å². The van der Waals surface area contributed by atoms with E-state index < -0.39 is 5.60 Å². The number of carbonyl (C=O) groups is 1. The highest BCUT2D eigenvalue weighted by Crippen LogP contribution is 2.38. The number of amides is 1. The number of methoxy groups -OCH3 is 1. The molecule has 3 heterocycles. The van der Waals surface area contributed by atoms with Gasteiger partial charge in [-0.05, 0) is 46.5 Å². The van der Waals surface area contributed by atoms with E-state index in [-0.39, 0.29) is 36.7 Å². The summed E-state index contributed by atoms with van der Waals surface area (Å²) in [6, 6.07) is 0.459. The minimum atomic E-state index is -0.447. The molecule has 126 valence electrons. The Hall–Kier alpha value is -0.890. The molecule has 3 fully saturated rings. The van der Waals surface area contributed by atoms with Crippen LogP contribution in [0.15, 0.2) is 0 Å². The topological polar surface area (TPSA) is 72.1 Å². The van der Waals surface area contributed by atoms with Gasteiger partial charge in [0.15, 0.2) is 12.5 Å². The minimum Gasteiger partial charge on any atom is -0.444 e. The highest BCUT2D eigenvalue weighted by Gasteiger charge is 2.46. The molecule has 22 heavy (non-hydrogen) atoms. The Bertz CT molecular complexity index is 410. The third kappa shape index (κ3) is 3.22. The maximum Gasteiger partial charge on any atom is 0.410 e. The maximum absolute atomic E-state index is 12.4. The normalized spacial score (nSPS) is 37.8. The Morgan fingerprint density at radius 1 is 1.09 bits per heavy atom. The first-order chi connectivity index (χ1) is 10.4. The largest absolute Gasteiger partial charge is 0.444 e. The van der Waals surface area contributed by atoms with Crippen LogP contribution in [0.3, 0.4) is 0 Å². The molecule has 7 nitrogen and oxygen atoms in total. The summed E-state index contributed by atoms with van der Waals surface area (Å²) in [7, 11) is 1.66. The van der Waals surface area contributed by atoms with Gasteiger partial charge in [-0.2, -0.15) is 0 Å². The summed E-state index contributed by atoms with van der Waals surface area (Å²) < 4.78 is 16.8. The van der Waals surface area contributed by atoms with E-state index in [1.54, 1.807) is 7.11 Å². The molecule has 3 rings (SSSR count). The second kappa shape index (κ2) is 5.96. The summed E-state index contributed by atoms with van der Waals surface area (Å²) >= 11 is 0. The Balaban J connectivity index is 1.56. The molecule has 3 saturated heterocycles. The fourth-order valence-corrected chi connectivity index (χ4v) is 3.57. The van der Waals surface area contributed by atoms with Crippen molar-refractivity contribution in [2.45, 2.75) is 82.7 Å². The molecule has 2 bridgehead atoms. The molecular weight excluding hydrogens is 286 g/mol. The third-order valence-corrected chi connectivity index (χ3v) is 4.53. The van der Waals surface area contributed by atoms with E-state index in [4.69, 9.17) is 14.2 Å². The van der Waals surface area contributed by atoms with Crippen LogP contribution in [0.1, 0.15) is 46.5 Å². The molecular formula is C15H27N3O4. The van der Waals surface area contributed by atoms with Gasteiger partial charge in [-0.25, -0.2) is 15.6 Å². The number of piperidine rings is 1. The van der Waals surface area contributed by atoms with Gasteiger partial charge in [-0.15, -0.1) is 0 Å². The van der Waals surface area contributed by atoms with Crippen LogP contribution in [0.25, 0.3) is 0 Å². The van der Waals surface area contributed by atoms with Crippen molar-refractivity contribution >= 4 is 6.09 Å². The Morgan fingerprint density at radius 3 is 2.14 bits per heavy atom. The monoisotopic (exact) mass is 313 g/mol. The van der Waals surface area contributed by atoms with Gasteiger partial charge < -0.3 is 19.1 Å². The van der Waals surface area contributed by atoms with Gasteiger partial charge in [-0.3, -0.25) is 0 Å². The van der Waals surface area contributed by atoms with Crippen LogP contribution in [-0.4, -0.2) is 54.3 Å². The Kier molecular flexibility index (Phi) is 4.33. The van der Waals surface area contributed by atoms with Gasteiger partial charge in [0, 0.05) is 19.2 Å². The van der Waals surface area contributed by atoms with Crippen LogP contribution in [0, 0.1) is 0 Å². The quantitative estimate of drug-likeness (QED) is 0.819. The number of fused-ring (bicyclic) bond motifs is 2. The molecule has 0 aromatic rings. The lowest BCUT2D eigenvalue weighted by atomic mass is 10.00. The molecule has 7 heteroatoms. The van der Waals surface area contributed by atoms with Crippen molar-refractivity contribution in [1.29, 1.82) is 0 Å². The zero-order valence-corrected chi connectivity index (χ0v) is 13.8. The lowest BCUT2D eigenvalue weighted by Gasteiger charge is -2.43. The van der Waals surface area contributed by atoms with E-state index in [9.17, 15) is 4.79 Å². The van der Waals surface area contributed by atoms with Crippen LogP contribution < -0.4 is 10.9 Å². The number of nitrogens with one attached hydrogen (secondary N) is 2. The van der Waals surface area contributed by atoms with Crippen LogP contribution in [0.5, 0.6) is 0 Å². The number of rotatable bonds is 3. The van der Waals surface area contributed by atoms with E-state index in [0.29, 0.717) is 0 Å². The molecule has 2 N–H and O–H groups in total. The van der Waals surface area contributed by atoms with Gasteiger partial charge in [0.05, 0.1) is 6.10 Å². The second-order valence-corrected chi connectivity index (χ2v) is 7.37. The molecule has 1 amide bonds. The molecule has 0 aliphatic carbocycles. The van der Waals surface area contributed by atoms with Crippen LogP contribution in [0.2, 0.25) is 0 Å². The van der Waals surface area contributed by atoms with Crippen molar-refractivity contribution in [3.63, 3.8) is 0 Å². The SMILES string of the molecule is CO[C@H]1NNC1OC1C[C@H]2CC[C@@H](C1)N2C(=O)OC(C)(C)C. The Morgan fingerprint density at radius 2 is 1.68 bits per heavy atom. The average molecular weight is 313 g/mol. The predicted molar refractivity (Wildman–Crippen MR) is 79.8 cm³/mol. The maximum atomic E-state index is 12.4. The van der Waals surface area contributed by atoms with Gasteiger partial charge in [-0.1, -0.05) is 0 Å². The van der Waals surface area contributed by atoms with E-state index in [1.165, 1.54) is 0 Å². The van der Waals surface area contributed by atoms with Gasteiger partial charge in [0.25, 0.3) is 0 Å². The third-order valence-electron chi connectivity index (χ3n) is 4.53. The van der Waals surface area contributed by atoms with Crippen molar-refractivity contribution in [2.24, 2.45) is 0 Å². The summed E-state index contributed by atoms with van der Waals surface area (Å²) in [5.74, 6) is 0. The summed E-state index contributed by atoms with van der Waals surface area (Å²) in [4.78, 5) is 14.3. The van der Waals surface area contributed by atoms with Crippen molar-refractivity contribution in [1.82, 2.24) is 15.8 Å². The molecule has 0 aromatic carbocycles. The lowest BCUT2D eigenvalue weighted by Crippen LogP contribution is -2.70. The van der Waals surface area contributed by atoms with Crippen molar-refractivity contribution in [3.05, 3.63) is 0 Å². The first-order valence-electron chi connectivity index (χ1n) is 8.08. The van der Waals surface area contributed by atoms with E-state index in [2.05, 4.69) is 10.9 Å².